The number of nitrogens with zero attached hydrogens (tertiary/aromatic N) is 7. The quantitative estimate of drug-likeness (QED) is 0.316. The van der Waals surface area contributed by atoms with Gasteiger partial charge in [0, 0.05) is 32.5 Å². The van der Waals surface area contributed by atoms with Gasteiger partial charge >= 0.3 is 0 Å². The normalized spacial score (nSPS) is 16.7. The van der Waals surface area contributed by atoms with E-state index < -0.39 is 0 Å². The minimum absolute atomic E-state index is 0.0399. The molecule has 38 heavy (non-hydrogen) atoms. The van der Waals surface area contributed by atoms with Crippen LogP contribution in [0.5, 0.6) is 5.75 Å². The summed E-state index contributed by atoms with van der Waals surface area (Å²) in [6.07, 6.45) is 0.726. The van der Waals surface area contributed by atoms with Crippen molar-refractivity contribution >= 4 is 23.0 Å². The number of rotatable bonds is 6. The van der Waals surface area contributed by atoms with Crippen molar-refractivity contribution in [3.8, 4) is 5.75 Å². The second-order valence-corrected chi connectivity index (χ2v) is 11.1. The number of H-pyrrole nitrogens is 1. The monoisotopic (exact) mass is 526 g/mol. The van der Waals surface area contributed by atoms with Gasteiger partial charge < -0.3 is 4.74 Å². The predicted molar refractivity (Wildman–Crippen MR) is 147 cm³/mol. The number of ether oxygens (including phenoxy) is 1. The molecule has 0 spiro atoms. The number of hydrogen-bond acceptors (Lipinski definition) is 8. The first-order chi connectivity index (χ1) is 18.5. The Morgan fingerprint density at radius 2 is 1.97 bits per heavy atom. The first kappa shape index (κ1) is 24.6. The molecule has 0 saturated carbocycles. The summed E-state index contributed by atoms with van der Waals surface area (Å²) in [6.45, 7) is 8.07. The van der Waals surface area contributed by atoms with E-state index in [-0.39, 0.29) is 12.0 Å². The van der Waals surface area contributed by atoms with Gasteiger partial charge in [-0.3, -0.25) is 0 Å². The molecule has 5 aromatic rings. The Labute approximate surface area is 225 Å². The van der Waals surface area contributed by atoms with E-state index in [1.54, 1.807) is 11.9 Å². The van der Waals surface area contributed by atoms with Crippen molar-refractivity contribution < 1.29 is 4.74 Å². The minimum Gasteiger partial charge on any atom is -0.488 e. The van der Waals surface area contributed by atoms with Crippen LogP contribution in [0.2, 0.25) is 0 Å². The van der Waals surface area contributed by atoms with Crippen LogP contribution in [0.1, 0.15) is 46.5 Å². The van der Waals surface area contributed by atoms with Gasteiger partial charge in [-0.15, -0.1) is 15.3 Å². The van der Waals surface area contributed by atoms with Gasteiger partial charge in [-0.2, -0.15) is 5.21 Å². The van der Waals surface area contributed by atoms with Crippen molar-refractivity contribution in [2.45, 2.75) is 50.7 Å². The lowest BCUT2D eigenvalue weighted by Gasteiger charge is -2.24. The maximum Gasteiger partial charge on any atom is 0.175 e. The number of fused-ring (bicyclic) bond motifs is 2. The molecule has 1 unspecified atom stereocenters. The number of aryl methyl sites for hydroxylation is 3. The Morgan fingerprint density at radius 3 is 2.82 bits per heavy atom. The van der Waals surface area contributed by atoms with E-state index in [0.717, 1.165) is 40.3 Å². The highest BCUT2D eigenvalue weighted by atomic mass is 32.2. The van der Waals surface area contributed by atoms with E-state index in [9.17, 15) is 0 Å². The molecule has 0 amide bonds. The third-order valence-corrected chi connectivity index (χ3v) is 8.29. The van der Waals surface area contributed by atoms with E-state index in [2.05, 4.69) is 98.5 Å². The minimum atomic E-state index is 0.0399. The van der Waals surface area contributed by atoms with E-state index >= 15 is 0 Å². The molecule has 1 aliphatic rings. The lowest BCUT2D eigenvalue weighted by molar-refractivity contribution is 0.192. The van der Waals surface area contributed by atoms with Crippen LogP contribution in [0, 0.1) is 13.8 Å². The average Bonchev–Trinajstić information content (AvgIpc) is 3.52. The van der Waals surface area contributed by atoms with Crippen LogP contribution in [0.25, 0.3) is 11.0 Å². The van der Waals surface area contributed by atoms with Crippen LogP contribution < -0.4 is 4.74 Å². The van der Waals surface area contributed by atoms with E-state index in [1.165, 1.54) is 22.3 Å². The number of para-hydroxylation sites is 1. The molecule has 10 heteroatoms. The van der Waals surface area contributed by atoms with Crippen LogP contribution in [0.4, 0.5) is 0 Å². The first-order valence-corrected chi connectivity index (χ1v) is 13.5. The molecule has 0 aliphatic carbocycles. The standard InChI is InChI=1S/C28H30N8OS/c1-17-9-10-20(13-21(17)16-36-15-18(2)37-25-7-5-6-8-26(25)38-36)23(14-27-29-32-33-30-27)22-11-12-24-28(19(22)3)31-34-35(24)4/h5-13,18,23H,14-16H2,1-4H3,(H,29,30,32,33)/t18-,23?/m1/s1. The topological polar surface area (TPSA) is 97.6 Å². The Hall–Kier alpha value is -3.76. The number of tetrazole rings is 1. The summed E-state index contributed by atoms with van der Waals surface area (Å²) in [5.74, 6) is 1.67. The summed E-state index contributed by atoms with van der Waals surface area (Å²) in [5.41, 5.74) is 8.02. The molecule has 1 aliphatic heterocycles. The van der Waals surface area contributed by atoms with Crippen molar-refractivity contribution in [1.29, 1.82) is 0 Å². The molecule has 3 heterocycles. The molecular formula is C28H30N8OS. The predicted octanol–water partition coefficient (Wildman–Crippen LogP) is 4.76. The van der Waals surface area contributed by atoms with Crippen LogP contribution >= 0.6 is 11.9 Å². The van der Waals surface area contributed by atoms with Crippen LogP contribution in [-0.4, -0.2) is 52.6 Å². The smallest absolute Gasteiger partial charge is 0.175 e. The van der Waals surface area contributed by atoms with Crippen molar-refractivity contribution in [1.82, 2.24) is 39.9 Å². The molecule has 2 atom stereocenters. The molecule has 3 aromatic carbocycles. The van der Waals surface area contributed by atoms with E-state index in [0.29, 0.717) is 12.2 Å². The third-order valence-electron chi connectivity index (χ3n) is 7.22. The highest BCUT2D eigenvalue weighted by Crippen LogP contribution is 2.38. The van der Waals surface area contributed by atoms with Crippen LogP contribution in [0.3, 0.4) is 0 Å². The zero-order valence-electron chi connectivity index (χ0n) is 21.9. The van der Waals surface area contributed by atoms with E-state index in [4.69, 9.17) is 4.74 Å². The number of benzene rings is 3. The van der Waals surface area contributed by atoms with Gasteiger partial charge in [0.15, 0.2) is 5.82 Å². The van der Waals surface area contributed by atoms with Crippen molar-refractivity contribution in [2.75, 3.05) is 6.54 Å². The second-order valence-electron chi connectivity index (χ2n) is 9.92. The summed E-state index contributed by atoms with van der Waals surface area (Å²) < 4.78 is 10.4. The van der Waals surface area contributed by atoms with Crippen LogP contribution in [0.15, 0.2) is 59.5 Å². The highest BCUT2D eigenvalue weighted by molar-refractivity contribution is 7.97. The summed E-state index contributed by atoms with van der Waals surface area (Å²) in [6, 6.07) is 19.3. The first-order valence-electron chi connectivity index (χ1n) is 12.8. The van der Waals surface area contributed by atoms with Crippen LogP contribution in [-0.2, 0) is 20.0 Å². The molecule has 0 saturated heterocycles. The van der Waals surface area contributed by atoms with Crippen molar-refractivity contribution in [3.63, 3.8) is 0 Å². The van der Waals surface area contributed by atoms with Gasteiger partial charge in [0.2, 0.25) is 0 Å². The molecule has 1 N–H and O–H groups in total. The molecule has 0 bridgehead atoms. The summed E-state index contributed by atoms with van der Waals surface area (Å²) in [5, 5.41) is 23.6. The Kier molecular flexibility index (Phi) is 6.59. The molecule has 6 rings (SSSR count). The third kappa shape index (κ3) is 4.77. The number of hydrogen-bond donors (Lipinski definition) is 1. The lowest BCUT2D eigenvalue weighted by atomic mass is 9.84. The number of aromatic nitrogens is 7. The number of nitrogens with one attached hydrogen (secondary N) is 1. The largest absolute Gasteiger partial charge is 0.488 e. The fourth-order valence-electron chi connectivity index (χ4n) is 5.19. The molecular weight excluding hydrogens is 496 g/mol. The Bertz CT molecular complexity index is 1580. The Balaban J connectivity index is 1.37. The SMILES string of the molecule is Cc1ccc(C(Cc2nn[nH]n2)c2ccc3c(nnn3C)c2C)cc1CN1C[C@@H](C)Oc2ccccc2S1. The summed E-state index contributed by atoms with van der Waals surface area (Å²) in [7, 11) is 1.92. The molecule has 0 fully saturated rings. The maximum absolute atomic E-state index is 6.19. The van der Waals surface area contributed by atoms with Gasteiger partial charge in [0.05, 0.1) is 10.4 Å². The van der Waals surface area contributed by atoms with E-state index in [1.807, 2.05) is 23.9 Å². The van der Waals surface area contributed by atoms with Gasteiger partial charge in [0.1, 0.15) is 17.4 Å². The van der Waals surface area contributed by atoms with Crippen molar-refractivity contribution in [2.24, 2.45) is 7.05 Å². The van der Waals surface area contributed by atoms with Gasteiger partial charge in [-0.1, -0.05) is 46.8 Å². The van der Waals surface area contributed by atoms with Gasteiger partial charge in [0.25, 0.3) is 0 Å². The molecule has 2 aromatic heterocycles. The highest BCUT2D eigenvalue weighted by Gasteiger charge is 2.24. The summed E-state index contributed by atoms with van der Waals surface area (Å²) >= 11 is 1.76. The van der Waals surface area contributed by atoms with Gasteiger partial charge in [-0.05, 0) is 78.7 Å². The fourth-order valence-corrected chi connectivity index (χ4v) is 6.30. The second kappa shape index (κ2) is 10.2. The maximum atomic E-state index is 6.19. The summed E-state index contributed by atoms with van der Waals surface area (Å²) in [4.78, 5) is 1.15. The fraction of sp³-hybridized carbons (Fsp3) is 0.321. The van der Waals surface area contributed by atoms with Crippen molar-refractivity contribution in [3.05, 3.63) is 88.2 Å². The molecule has 9 nitrogen and oxygen atoms in total. The van der Waals surface area contributed by atoms with Gasteiger partial charge in [-0.25, -0.2) is 8.99 Å². The Morgan fingerprint density at radius 1 is 1.11 bits per heavy atom. The molecule has 194 valence electrons. The average molecular weight is 527 g/mol. The number of aromatic amines is 1. The lowest BCUT2D eigenvalue weighted by Crippen LogP contribution is -2.27. The molecule has 0 radical (unpaired) electrons. The zero-order chi connectivity index (χ0) is 26.2. The zero-order valence-corrected chi connectivity index (χ0v) is 22.7.